The monoisotopic (exact) mass is 353 g/mol. The summed E-state index contributed by atoms with van der Waals surface area (Å²) < 4.78 is 3.08. The Bertz CT molecular complexity index is 987. The molecule has 0 aliphatic heterocycles. The van der Waals surface area contributed by atoms with E-state index in [9.17, 15) is 14.7 Å². The van der Waals surface area contributed by atoms with Gasteiger partial charge in [0.25, 0.3) is 5.91 Å². The maximum Gasteiger partial charge on any atom is 0.339 e. The molecule has 0 fully saturated rings. The summed E-state index contributed by atoms with van der Waals surface area (Å²) in [4.78, 5) is 23.6. The van der Waals surface area contributed by atoms with E-state index in [1.807, 2.05) is 38.1 Å². The van der Waals surface area contributed by atoms with Crippen molar-refractivity contribution in [3.8, 4) is 0 Å². The molecule has 0 saturated carbocycles. The first-order chi connectivity index (χ1) is 12.3. The van der Waals surface area contributed by atoms with Gasteiger partial charge in [-0.2, -0.15) is 10.2 Å². The van der Waals surface area contributed by atoms with Crippen molar-refractivity contribution in [1.29, 1.82) is 0 Å². The fraction of sp³-hybridized carbons (Fsp3) is 0.222. The Morgan fingerprint density at radius 1 is 1.19 bits per heavy atom. The molecule has 0 spiro atoms. The van der Waals surface area contributed by atoms with E-state index < -0.39 is 11.9 Å². The highest BCUT2D eigenvalue weighted by atomic mass is 16.4. The fourth-order valence-electron chi connectivity index (χ4n) is 2.67. The van der Waals surface area contributed by atoms with Crippen LogP contribution in [0, 0.1) is 13.8 Å². The second-order valence-corrected chi connectivity index (χ2v) is 6.08. The number of hydrogen-bond acceptors (Lipinski definition) is 4. The van der Waals surface area contributed by atoms with Gasteiger partial charge in [-0.05, 0) is 25.0 Å². The number of carboxylic acids is 1. The molecule has 26 heavy (non-hydrogen) atoms. The zero-order valence-electron chi connectivity index (χ0n) is 14.7. The average molecular weight is 353 g/mol. The highest BCUT2D eigenvalue weighted by Crippen LogP contribution is 2.15. The van der Waals surface area contributed by atoms with Crippen LogP contribution in [-0.2, 0) is 13.6 Å². The Hall–Kier alpha value is -3.42. The van der Waals surface area contributed by atoms with Gasteiger partial charge in [-0.3, -0.25) is 14.2 Å². The van der Waals surface area contributed by atoms with Crippen molar-refractivity contribution in [3.63, 3.8) is 0 Å². The predicted molar refractivity (Wildman–Crippen MR) is 95.4 cm³/mol. The minimum Gasteiger partial charge on any atom is -0.478 e. The molecule has 2 heterocycles. The SMILES string of the molecule is Cc1ccccc1Cn1nc(NC(=O)c2nn(C)cc2C(=O)O)cc1C. The minimum absolute atomic E-state index is 0.147. The number of nitrogens with zero attached hydrogens (tertiary/aromatic N) is 4. The second-order valence-electron chi connectivity index (χ2n) is 6.08. The molecule has 2 aromatic heterocycles. The quantitative estimate of drug-likeness (QED) is 0.732. The molecule has 134 valence electrons. The van der Waals surface area contributed by atoms with E-state index in [0.29, 0.717) is 12.4 Å². The summed E-state index contributed by atoms with van der Waals surface area (Å²) in [7, 11) is 1.56. The molecular weight excluding hydrogens is 334 g/mol. The molecule has 8 nitrogen and oxygen atoms in total. The largest absolute Gasteiger partial charge is 0.478 e. The van der Waals surface area contributed by atoms with Gasteiger partial charge in [-0.1, -0.05) is 24.3 Å². The van der Waals surface area contributed by atoms with Gasteiger partial charge in [0.05, 0.1) is 6.54 Å². The number of amides is 1. The van der Waals surface area contributed by atoms with Crippen LogP contribution in [0.25, 0.3) is 0 Å². The van der Waals surface area contributed by atoms with Crippen molar-refractivity contribution in [3.05, 3.63) is 64.6 Å². The molecule has 0 aliphatic rings. The summed E-state index contributed by atoms with van der Waals surface area (Å²) in [5.74, 6) is -1.46. The molecule has 2 N–H and O–H groups in total. The van der Waals surface area contributed by atoms with E-state index in [1.54, 1.807) is 17.8 Å². The maximum absolute atomic E-state index is 12.4. The molecule has 3 aromatic rings. The maximum atomic E-state index is 12.4. The Morgan fingerprint density at radius 3 is 2.62 bits per heavy atom. The summed E-state index contributed by atoms with van der Waals surface area (Å²) >= 11 is 0. The Labute approximate surface area is 150 Å². The Morgan fingerprint density at radius 2 is 1.92 bits per heavy atom. The number of aromatic carboxylic acids is 1. The number of aromatic nitrogens is 4. The Kier molecular flexibility index (Phi) is 4.57. The number of carbonyl (C=O) groups excluding carboxylic acids is 1. The third kappa shape index (κ3) is 3.49. The number of nitrogens with one attached hydrogen (secondary N) is 1. The lowest BCUT2D eigenvalue weighted by atomic mass is 10.1. The summed E-state index contributed by atoms with van der Waals surface area (Å²) in [6, 6.07) is 9.75. The van der Waals surface area contributed by atoms with Crippen LogP contribution in [0.5, 0.6) is 0 Å². The second kappa shape index (κ2) is 6.83. The minimum atomic E-state index is -1.20. The van der Waals surface area contributed by atoms with Gasteiger partial charge in [-0.25, -0.2) is 4.79 Å². The predicted octanol–water partition coefficient (Wildman–Crippen LogP) is 2.23. The average Bonchev–Trinajstić information content (AvgIpc) is 3.13. The van der Waals surface area contributed by atoms with Gasteiger partial charge >= 0.3 is 5.97 Å². The van der Waals surface area contributed by atoms with Crippen LogP contribution in [-0.4, -0.2) is 36.5 Å². The van der Waals surface area contributed by atoms with Gasteiger partial charge in [0.15, 0.2) is 11.5 Å². The van der Waals surface area contributed by atoms with E-state index in [1.165, 1.54) is 10.9 Å². The van der Waals surface area contributed by atoms with Crippen molar-refractivity contribution >= 4 is 17.7 Å². The lowest BCUT2D eigenvalue weighted by molar-refractivity contribution is 0.0692. The zero-order valence-corrected chi connectivity index (χ0v) is 14.7. The van der Waals surface area contributed by atoms with Crippen LogP contribution >= 0.6 is 0 Å². The summed E-state index contributed by atoms with van der Waals surface area (Å²) in [6.45, 7) is 4.51. The third-order valence-corrected chi connectivity index (χ3v) is 4.08. The van der Waals surface area contributed by atoms with Crippen LogP contribution < -0.4 is 5.32 Å². The topological polar surface area (TPSA) is 102 Å². The smallest absolute Gasteiger partial charge is 0.339 e. The normalized spacial score (nSPS) is 10.7. The van der Waals surface area contributed by atoms with Crippen molar-refractivity contribution < 1.29 is 14.7 Å². The lowest BCUT2D eigenvalue weighted by Crippen LogP contribution is -2.17. The van der Waals surface area contributed by atoms with Crippen LogP contribution in [0.2, 0.25) is 0 Å². The molecule has 0 bridgehead atoms. The van der Waals surface area contributed by atoms with Gasteiger partial charge in [0.2, 0.25) is 0 Å². The fourth-order valence-corrected chi connectivity index (χ4v) is 2.67. The van der Waals surface area contributed by atoms with E-state index in [0.717, 1.165) is 16.8 Å². The summed E-state index contributed by atoms with van der Waals surface area (Å²) in [5, 5.41) is 20.1. The number of anilines is 1. The first kappa shape index (κ1) is 17.4. The van der Waals surface area contributed by atoms with E-state index in [-0.39, 0.29) is 11.3 Å². The number of rotatable bonds is 5. The molecule has 0 atom stereocenters. The van der Waals surface area contributed by atoms with Crippen molar-refractivity contribution in [1.82, 2.24) is 19.6 Å². The number of hydrogen-bond donors (Lipinski definition) is 2. The number of carboxylic acid groups (broad SMARTS) is 1. The molecule has 1 aromatic carbocycles. The molecule has 1 amide bonds. The first-order valence-electron chi connectivity index (χ1n) is 8.02. The molecule has 0 saturated heterocycles. The molecule has 3 rings (SSSR count). The molecule has 0 unspecified atom stereocenters. The number of aryl methyl sites for hydroxylation is 3. The van der Waals surface area contributed by atoms with Gasteiger partial charge in [0, 0.05) is 25.0 Å². The highest BCUT2D eigenvalue weighted by Gasteiger charge is 2.22. The standard InChI is InChI=1S/C18H19N5O3/c1-11-6-4-5-7-13(11)9-23-12(2)8-15(20-23)19-17(24)16-14(18(25)26)10-22(3)21-16/h4-8,10H,9H2,1-3H3,(H,25,26)(H,19,20,24). The van der Waals surface area contributed by atoms with Crippen molar-refractivity contribution in [2.24, 2.45) is 7.05 Å². The van der Waals surface area contributed by atoms with Crippen LogP contribution in [0.15, 0.2) is 36.5 Å². The van der Waals surface area contributed by atoms with Crippen LogP contribution in [0.3, 0.4) is 0 Å². The van der Waals surface area contributed by atoms with Crippen molar-refractivity contribution in [2.75, 3.05) is 5.32 Å². The Balaban J connectivity index is 1.80. The van der Waals surface area contributed by atoms with Gasteiger partial charge < -0.3 is 10.4 Å². The molecular formula is C18H19N5O3. The van der Waals surface area contributed by atoms with Crippen LogP contribution in [0.4, 0.5) is 5.82 Å². The van der Waals surface area contributed by atoms with Crippen LogP contribution in [0.1, 0.15) is 37.7 Å². The third-order valence-electron chi connectivity index (χ3n) is 4.08. The number of carbonyl (C=O) groups is 2. The number of benzene rings is 1. The first-order valence-corrected chi connectivity index (χ1v) is 8.02. The summed E-state index contributed by atoms with van der Waals surface area (Å²) in [5.41, 5.74) is 2.87. The van der Waals surface area contributed by atoms with Gasteiger partial charge in [0.1, 0.15) is 5.56 Å². The van der Waals surface area contributed by atoms with E-state index >= 15 is 0 Å². The highest BCUT2D eigenvalue weighted by molar-refractivity contribution is 6.08. The molecule has 0 aliphatic carbocycles. The van der Waals surface area contributed by atoms with E-state index in [2.05, 4.69) is 15.5 Å². The van der Waals surface area contributed by atoms with Gasteiger partial charge in [-0.15, -0.1) is 0 Å². The summed E-state index contributed by atoms with van der Waals surface area (Å²) in [6.07, 6.45) is 1.29. The molecule has 0 radical (unpaired) electrons. The lowest BCUT2D eigenvalue weighted by Gasteiger charge is -2.07. The van der Waals surface area contributed by atoms with E-state index in [4.69, 9.17) is 0 Å². The molecule has 8 heteroatoms. The zero-order chi connectivity index (χ0) is 18.8. The van der Waals surface area contributed by atoms with Crippen molar-refractivity contribution in [2.45, 2.75) is 20.4 Å².